The van der Waals surface area contributed by atoms with Crippen molar-refractivity contribution < 1.29 is 19.0 Å². The Balaban J connectivity index is 1.36. The monoisotopic (exact) mass is 370 g/mol. The highest BCUT2D eigenvalue weighted by molar-refractivity contribution is 5.82. The van der Waals surface area contributed by atoms with Crippen molar-refractivity contribution in [3.05, 3.63) is 36.7 Å². The Morgan fingerprint density at radius 2 is 2.07 bits per heavy atom. The summed E-state index contributed by atoms with van der Waals surface area (Å²) in [7, 11) is 3.79. The summed E-state index contributed by atoms with van der Waals surface area (Å²) in [6, 6.07) is 7.37. The number of fused-ring (bicyclic) bond motifs is 1. The van der Waals surface area contributed by atoms with Crippen LogP contribution < -0.4 is 19.1 Å². The molecule has 142 valence electrons. The Morgan fingerprint density at radius 3 is 2.89 bits per heavy atom. The van der Waals surface area contributed by atoms with Gasteiger partial charge in [-0.15, -0.1) is 0 Å². The molecule has 2 atom stereocenters. The van der Waals surface area contributed by atoms with Gasteiger partial charge in [0.05, 0.1) is 18.9 Å². The van der Waals surface area contributed by atoms with Crippen LogP contribution in [0.15, 0.2) is 36.7 Å². The molecule has 2 aromatic rings. The third kappa shape index (κ3) is 3.74. The summed E-state index contributed by atoms with van der Waals surface area (Å²) in [6.07, 6.45) is 3.26. The van der Waals surface area contributed by atoms with E-state index in [1.807, 2.05) is 37.2 Å². The van der Waals surface area contributed by atoms with Crippen LogP contribution in [0.25, 0.3) is 0 Å². The molecule has 27 heavy (non-hydrogen) atoms. The third-order valence-electron chi connectivity index (χ3n) is 4.59. The molecule has 0 aliphatic carbocycles. The molecule has 2 aliphatic heterocycles. The third-order valence-corrected chi connectivity index (χ3v) is 4.59. The van der Waals surface area contributed by atoms with Crippen LogP contribution in [-0.2, 0) is 4.79 Å². The van der Waals surface area contributed by atoms with Crippen LogP contribution in [0, 0.1) is 0 Å². The van der Waals surface area contributed by atoms with Gasteiger partial charge in [0.2, 0.25) is 12.0 Å². The normalized spacial score (nSPS) is 21.0. The van der Waals surface area contributed by atoms with Gasteiger partial charge in [-0.2, -0.15) is 4.98 Å². The molecule has 1 saturated heterocycles. The summed E-state index contributed by atoms with van der Waals surface area (Å²) >= 11 is 0. The van der Waals surface area contributed by atoms with E-state index in [1.165, 1.54) is 0 Å². The zero-order chi connectivity index (χ0) is 18.8. The lowest BCUT2D eigenvalue weighted by Crippen LogP contribution is -2.46. The quantitative estimate of drug-likeness (QED) is 0.804. The first-order chi connectivity index (χ1) is 13.1. The summed E-state index contributed by atoms with van der Waals surface area (Å²) in [5, 5.41) is 0. The van der Waals surface area contributed by atoms with Crippen molar-refractivity contribution in [2.45, 2.75) is 18.6 Å². The van der Waals surface area contributed by atoms with E-state index < -0.39 is 6.10 Å². The second-order valence-corrected chi connectivity index (χ2v) is 6.79. The first-order valence-corrected chi connectivity index (χ1v) is 8.93. The molecule has 1 aromatic heterocycles. The number of carbonyl (C=O) groups excluding carboxylic acids is 1. The fourth-order valence-electron chi connectivity index (χ4n) is 3.15. The number of carbonyl (C=O) groups is 1. The molecule has 0 unspecified atom stereocenters. The summed E-state index contributed by atoms with van der Waals surface area (Å²) in [5.41, 5.74) is 0. The molecule has 2 aliphatic rings. The van der Waals surface area contributed by atoms with Gasteiger partial charge in [-0.1, -0.05) is 12.1 Å². The van der Waals surface area contributed by atoms with Crippen molar-refractivity contribution in [1.29, 1.82) is 0 Å². The molecular formula is C19H22N4O4. The molecule has 1 amide bonds. The highest BCUT2D eigenvalue weighted by atomic mass is 16.6. The van der Waals surface area contributed by atoms with Gasteiger partial charge in [0.15, 0.2) is 17.3 Å². The number of hydrogen-bond donors (Lipinski definition) is 0. The highest BCUT2D eigenvalue weighted by Crippen LogP contribution is 2.31. The molecule has 8 nitrogen and oxygen atoms in total. The van der Waals surface area contributed by atoms with E-state index in [4.69, 9.17) is 14.2 Å². The van der Waals surface area contributed by atoms with Gasteiger partial charge in [0, 0.05) is 27.1 Å². The number of anilines is 1. The van der Waals surface area contributed by atoms with E-state index in [1.54, 1.807) is 23.4 Å². The average molecular weight is 370 g/mol. The number of benzene rings is 1. The molecule has 1 fully saturated rings. The molecule has 8 heteroatoms. The van der Waals surface area contributed by atoms with E-state index >= 15 is 0 Å². The Morgan fingerprint density at radius 1 is 1.26 bits per heavy atom. The van der Waals surface area contributed by atoms with Crippen molar-refractivity contribution in [3.8, 4) is 17.4 Å². The minimum atomic E-state index is -0.629. The molecule has 4 rings (SSSR count). The van der Waals surface area contributed by atoms with E-state index in [9.17, 15) is 4.79 Å². The number of para-hydroxylation sites is 2. The van der Waals surface area contributed by atoms with E-state index in [0.717, 1.165) is 12.2 Å². The van der Waals surface area contributed by atoms with Crippen LogP contribution in [0.3, 0.4) is 0 Å². The molecule has 1 aromatic carbocycles. The number of likely N-dealkylation sites (tertiary alicyclic amines) is 1. The summed E-state index contributed by atoms with van der Waals surface area (Å²) in [4.78, 5) is 25.0. The second-order valence-electron chi connectivity index (χ2n) is 6.79. The fraction of sp³-hybridized carbons (Fsp3) is 0.421. The number of rotatable bonds is 4. The van der Waals surface area contributed by atoms with Crippen LogP contribution in [0.1, 0.15) is 6.42 Å². The van der Waals surface area contributed by atoms with Crippen molar-refractivity contribution in [3.63, 3.8) is 0 Å². The zero-order valence-electron chi connectivity index (χ0n) is 15.4. The smallest absolute Gasteiger partial charge is 0.267 e. The van der Waals surface area contributed by atoms with Gasteiger partial charge < -0.3 is 24.0 Å². The molecule has 0 N–H and O–H groups in total. The minimum Gasteiger partial charge on any atom is -0.485 e. The number of nitrogens with zero attached hydrogens (tertiary/aromatic N) is 4. The van der Waals surface area contributed by atoms with Gasteiger partial charge in [0.1, 0.15) is 12.7 Å². The van der Waals surface area contributed by atoms with Gasteiger partial charge in [-0.05, 0) is 12.1 Å². The fourth-order valence-corrected chi connectivity index (χ4v) is 3.15. The first kappa shape index (κ1) is 17.4. The standard InChI is InChI=1S/C19H22N4O4/c1-22(2)17-9-20-10-18(21-17)26-13-7-8-23(11-13)19(24)16-12-25-14-5-3-4-6-15(14)27-16/h3-6,9-10,13,16H,7-8,11-12H2,1-2H3/t13-,16-/m0/s1. The predicted molar refractivity (Wildman–Crippen MR) is 98.3 cm³/mol. The maximum atomic E-state index is 12.8. The second kappa shape index (κ2) is 7.30. The summed E-state index contributed by atoms with van der Waals surface area (Å²) < 4.78 is 17.4. The van der Waals surface area contributed by atoms with Crippen molar-refractivity contribution in [1.82, 2.24) is 14.9 Å². The van der Waals surface area contributed by atoms with Crippen molar-refractivity contribution >= 4 is 11.7 Å². The zero-order valence-corrected chi connectivity index (χ0v) is 15.4. The SMILES string of the molecule is CN(C)c1cncc(O[C@H]2CCN(C(=O)[C@@H]3COc4ccccc4O3)C2)n1. The highest BCUT2D eigenvalue weighted by Gasteiger charge is 2.35. The summed E-state index contributed by atoms with van der Waals surface area (Å²) in [5.74, 6) is 2.38. The van der Waals surface area contributed by atoms with Gasteiger partial charge in [-0.3, -0.25) is 9.78 Å². The maximum absolute atomic E-state index is 12.8. The van der Waals surface area contributed by atoms with E-state index in [0.29, 0.717) is 30.5 Å². The Kier molecular flexibility index (Phi) is 4.70. The summed E-state index contributed by atoms with van der Waals surface area (Å²) in [6.45, 7) is 1.33. The molecular weight excluding hydrogens is 348 g/mol. The van der Waals surface area contributed by atoms with Gasteiger partial charge in [-0.25, -0.2) is 0 Å². The first-order valence-electron chi connectivity index (χ1n) is 8.93. The topological polar surface area (TPSA) is 77.0 Å². The van der Waals surface area contributed by atoms with Gasteiger partial charge in [0.25, 0.3) is 5.91 Å². The van der Waals surface area contributed by atoms with Gasteiger partial charge >= 0.3 is 0 Å². The number of aromatic nitrogens is 2. The Hall–Kier alpha value is -3.03. The van der Waals surface area contributed by atoms with Crippen LogP contribution in [0.4, 0.5) is 5.82 Å². The molecule has 0 saturated carbocycles. The predicted octanol–water partition coefficient (Wildman–Crippen LogP) is 1.36. The van der Waals surface area contributed by atoms with Crippen LogP contribution in [-0.4, -0.2) is 66.8 Å². The molecule has 0 radical (unpaired) electrons. The molecule has 3 heterocycles. The minimum absolute atomic E-state index is 0.0799. The number of amides is 1. The largest absolute Gasteiger partial charge is 0.485 e. The number of hydrogen-bond acceptors (Lipinski definition) is 7. The number of ether oxygens (including phenoxy) is 3. The van der Waals surface area contributed by atoms with E-state index in [-0.39, 0.29) is 18.6 Å². The lowest BCUT2D eigenvalue weighted by atomic mass is 10.2. The van der Waals surface area contributed by atoms with Crippen LogP contribution >= 0.6 is 0 Å². The average Bonchev–Trinajstić information content (AvgIpc) is 3.15. The van der Waals surface area contributed by atoms with Crippen molar-refractivity contribution in [2.75, 3.05) is 38.7 Å². The molecule has 0 bridgehead atoms. The van der Waals surface area contributed by atoms with E-state index in [2.05, 4.69) is 9.97 Å². The Bertz CT molecular complexity index is 829. The van der Waals surface area contributed by atoms with Crippen molar-refractivity contribution in [2.24, 2.45) is 0 Å². The lowest BCUT2D eigenvalue weighted by molar-refractivity contribution is -0.140. The Labute approximate surface area is 157 Å². The maximum Gasteiger partial charge on any atom is 0.267 e. The van der Waals surface area contributed by atoms with Crippen LogP contribution in [0.2, 0.25) is 0 Å². The van der Waals surface area contributed by atoms with Crippen LogP contribution in [0.5, 0.6) is 17.4 Å². The lowest BCUT2D eigenvalue weighted by Gasteiger charge is -2.28. The molecule has 0 spiro atoms.